The molecule has 2 unspecified atom stereocenters. The number of benzene rings is 1. The average molecular weight is 309 g/mol. The summed E-state index contributed by atoms with van der Waals surface area (Å²) in [7, 11) is -1.06. The van der Waals surface area contributed by atoms with Gasteiger partial charge in [0.25, 0.3) is 0 Å². The monoisotopic (exact) mass is 309 g/mol. The van der Waals surface area contributed by atoms with Crippen molar-refractivity contribution in [2.24, 2.45) is 0 Å². The average Bonchev–Trinajstić information content (AvgIpc) is 2.25. The van der Waals surface area contributed by atoms with Gasteiger partial charge in [0.15, 0.2) is 0 Å². The highest BCUT2D eigenvalue weighted by Gasteiger charge is 2.35. The number of nitrogens with one attached hydrogen (secondary N) is 1. The molecule has 0 saturated carbocycles. The standard InChI is InChI=1S/C12H14F3NO3S/c1-7(6-20(2)19)16-8-3-4-10(12(13,14)15)9(5-8)11(17)18/h3-5,7,16H,6H2,1-2H3,(H,17,18). The molecule has 0 fully saturated rings. The van der Waals surface area contributed by atoms with Crippen LogP contribution in [-0.2, 0) is 17.0 Å². The summed E-state index contributed by atoms with van der Waals surface area (Å²) in [6, 6.07) is 2.56. The third-order valence-electron chi connectivity index (χ3n) is 2.45. The summed E-state index contributed by atoms with van der Waals surface area (Å²) in [5.41, 5.74) is -1.76. The van der Waals surface area contributed by atoms with Gasteiger partial charge in [0, 0.05) is 34.5 Å². The number of carboxylic acid groups (broad SMARTS) is 1. The van der Waals surface area contributed by atoms with E-state index in [1.165, 1.54) is 6.26 Å². The Morgan fingerprint density at radius 1 is 1.45 bits per heavy atom. The van der Waals surface area contributed by atoms with Crippen molar-refractivity contribution in [3.63, 3.8) is 0 Å². The topological polar surface area (TPSA) is 66.4 Å². The molecule has 0 spiro atoms. The molecule has 8 heteroatoms. The maximum absolute atomic E-state index is 12.7. The van der Waals surface area contributed by atoms with Gasteiger partial charge in [0.05, 0.1) is 11.1 Å². The SMILES string of the molecule is CC(CS(C)=O)Nc1ccc(C(F)(F)F)c(C(=O)O)c1. The summed E-state index contributed by atoms with van der Waals surface area (Å²) >= 11 is 0. The van der Waals surface area contributed by atoms with Crippen LogP contribution in [0.15, 0.2) is 18.2 Å². The van der Waals surface area contributed by atoms with Crippen molar-refractivity contribution in [3.05, 3.63) is 29.3 Å². The maximum Gasteiger partial charge on any atom is 0.417 e. The highest BCUT2D eigenvalue weighted by atomic mass is 32.2. The zero-order valence-corrected chi connectivity index (χ0v) is 11.6. The van der Waals surface area contributed by atoms with Gasteiger partial charge in [-0.1, -0.05) is 0 Å². The number of hydrogen-bond donors (Lipinski definition) is 2. The minimum atomic E-state index is -4.72. The van der Waals surface area contributed by atoms with E-state index >= 15 is 0 Å². The summed E-state index contributed by atoms with van der Waals surface area (Å²) in [5.74, 6) is -1.34. The summed E-state index contributed by atoms with van der Waals surface area (Å²) in [6.45, 7) is 1.71. The van der Waals surface area contributed by atoms with Crippen LogP contribution >= 0.6 is 0 Å². The van der Waals surface area contributed by atoms with E-state index < -0.39 is 34.1 Å². The van der Waals surface area contributed by atoms with Crippen LogP contribution in [0.4, 0.5) is 18.9 Å². The van der Waals surface area contributed by atoms with Crippen LogP contribution in [0.5, 0.6) is 0 Å². The van der Waals surface area contributed by atoms with Gasteiger partial charge in [-0.05, 0) is 25.1 Å². The second-order valence-electron chi connectivity index (χ2n) is 4.35. The van der Waals surface area contributed by atoms with E-state index in [4.69, 9.17) is 5.11 Å². The Hall–Kier alpha value is -1.57. The van der Waals surface area contributed by atoms with Gasteiger partial charge in [0.2, 0.25) is 0 Å². The number of rotatable bonds is 5. The number of aromatic carboxylic acids is 1. The Morgan fingerprint density at radius 3 is 2.50 bits per heavy atom. The number of carbonyl (C=O) groups is 1. The Labute approximate surface area is 116 Å². The molecular weight excluding hydrogens is 295 g/mol. The first-order valence-corrected chi connectivity index (χ1v) is 7.35. The van der Waals surface area contributed by atoms with E-state index in [-0.39, 0.29) is 11.7 Å². The number of alkyl halides is 3. The fourth-order valence-electron chi connectivity index (χ4n) is 1.74. The molecule has 0 aliphatic carbocycles. The van der Waals surface area contributed by atoms with E-state index in [2.05, 4.69) is 5.32 Å². The molecule has 0 aromatic heterocycles. The van der Waals surface area contributed by atoms with Crippen LogP contribution in [0.2, 0.25) is 0 Å². The van der Waals surface area contributed by atoms with Crippen molar-refractivity contribution in [1.29, 1.82) is 0 Å². The number of halogens is 3. The molecule has 1 aromatic rings. The zero-order valence-electron chi connectivity index (χ0n) is 10.8. The van der Waals surface area contributed by atoms with Crippen molar-refractivity contribution >= 4 is 22.5 Å². The fraction of sp³-hybridized carbons (Fsp3) is 0.417. The molecule has 0 bridgehead atoms. The van der Waals surface area contributed by atoms with Gasteiger partial charge >= 0.3 is 12.1 Å². The van der Waals surface area contributed by atoms with Crippen LogP contribution in [-0.4, -0.2) is 33.3 Å². The Balaban J connectivity index is 3.05. The van der Waals surface area contributed by atoms with Gasteiger partial charge in [-0.2, -0.15) is 13.2 Å². The van der Waals surface area contributed by atoms with E-state index in [0.717, 1.165) is 18.2 Å². The van der Waals surface area contributed by atoms with Crippen LogP contribution < -0.4 is 5.32 Å². The first kappa shape index (κ1) is 16.5. The predicted molar refractivity (Wildman–Crippen MR) is 70.4 cm³/mol. The number of anilines is 1. The fourth-order valence-corrected chi connectivity index (χ4v) is 2.52. The predicted octanol–water partition coefficient (Wildman–Crippen LogP) is 2.58. The maximum atomic E-state index is 12.7. The Morgan fingerprint density at radius 2 is 2.05 bits per heavy atom. The molecule has 2 N–H and O–H groups in total. The van der Waals surface area contributed by atoms with Crippen molar-refractivity contribution in [2.75, 3.05) is 17.3 Å². The van der Waals surface area contributed by atoms with Gasteiger partial charge in [0.1, 0.15) is 0 Å². The van der Waals surface area contributed by atoms with E-state index in [1.807, 2.05) is 0 Å². The molecule has 0 aliphatic heterocycles. The smallest absolute Gasteiger partial charge is 0.417 e. The van der Waals surface area contributed by atoms with E-state index in [0.29, 0.717) is 5.75 Å². The minimum Gasteiger partial charge on any atom is -0.478 e. The molecule has 0 amide bonds. The van der Waals surface area contributed by atoms with Gasteiger partial charge in [-0.15, -0.1) is 0 Å². The number of hydrogen-bond acceptors (Lipinski definition) is 3. The Kier molecular flexibility index (Phi) is 5.15. The minimum absolute atomic E-state index is 0.244. The lowest BCUT2D eigenvalue weighted by Crippen LogP contribution is -2.23. The van der Waals surface area contributed by atoms with E-state index in [9.17, 15) is 22.2 Å². The lowest BCUT2D eigenvalue weighted by Gasteiger charge is -2.16. The molecule has 20 heavy (non-hydrogen) atoms. The van der Waals surface area contributed by atoms with Gasteiger partial charge in [-0.25, -0.2) is 4.79 Å². The largest absolute Gasteiger partial charge is 0.478 e. The lowest BCUT2D eigenvalue weighted by atomic mass is 10.1. The van der Waals surface area contributed by atoms with Crippen molar-refractivity contribution in [3.8, 4) is 0 Å². The molecular formula is C12H14F3NO3S. The third kappa shape index (κ3) is 4.52. The van der Waals surface area contributed by atoms with E-state index in [1.54, 1.807) is 6.92 Å². The summed E-state index contributed by atoms with van der Waals surface area (Å²) < 4.78 is 49.0. The highest BCUT2D eigenvalue weighted by Crippen LogP contribution is 2.33. The van der Waals surface area contributed by atoms with Crippen LogP contribution in [0, 0.1) is 0 Å². The molecule has 2 atom stereocenters. The lowest BCUT2D eigenvalue weighted by molar-refractivity contribution is -0.138. The highest BCUT2D eigenvalue weighted by molar-refractivity contribution is 7.84. The normalized spacial score (nSPS) is 14.7. The van der Waals surface area contributed by atoms with Crippen LogP contribution in [0.25, 0.3) is 0 Å². The summed E-state index contributed by atoms with van der Waals surface area (Å²) in [4.78, 5) is 10.9. The molecule has 0 radical (unpaired) electrons. The molecule has 0 heterocycles. The summed E-state index contributed by atoms with van der Waals surface area (Å²) in [6.07, 6.45) is -3.21. The molecule has 1 aromatic carbocycles. The van der Waals surface area contributed by atoms with Crippen LogP contribution in [0.1, 0.15) is 22.8 Å². The second kappa shape index (κ2) is 6.25. The van der Waals surface area contributed by atoms with Gasteiger partial charge in [-0.3, -0.25) is 4.21 Å². The van der Waals surface area contributed by atoms with Gasteiger partial charge < -0.3 is 10.4 Å². The first-order valence-electron chi connectivity index (χ1n) is 5.62. The van der Waals surface area contributed by atoms with Crippen molar-refractivity contribution in [1.82, 2.24) is 0 Å². The molecule has 1 rings (SSSR count). The number of carboxylic acids is 1. The van der Waals surface area contributed by atoms with Crippen LogP contribution in [0.3, 0.4) is 0 Å². The molecule has 112 valence electrons. The summed E-state index contributed by atoms with van der Waals surface area (Å²) in [5, 5.41) is 11.7. The second-order valence-corrected chi connectivity index (χ2v) is 5.83. The molecule has 0 aliphatic rings. The quantitative estimate of drug-likeness (QED) is 0.877. The molecule has 4 nitrogen and oxygen atoms in total. The zero-order chi connectivity index (χ0) is 15.5. The molecule has 0 saturated heterocycles. The first-order chi connectivity index (χ1) is 9.11. The van der Waals surface area contributed by atoms with Crippen molar-refractivity contribution < 1.29 is 27.3 Å². The third-order valence-corrected chi connectivity index (χ3v) is 3.42. The van der Waals surface area contributed by atoms with Crippen molar-refractivity contribution in [2.45, 2.75) is 19.1 Å². The Bertz CT molecular complexity index is 531.